The third-order valence-electron chi connectivity index (χ3n) is 6.25. The van der Waals surface area contributed by atoms with Crippen LogP contribution in [0.1, 0.15) is 21.6 Å². The first-order valence-corrected chi connectivity index (χ1v) is 10.6. The summed E-state index contributed by atoms with van der Waals surface area (Å²) in [5, 5.41) is 10.0. The Morgan fingerprint density at radius 3 is 2.39 bits per heavy atom. The number of rotatable bonds is 3. The van der Waals surface area contributed by atoms with Crippen molar-refractivity contribution in [2.75, 3.05) is 0 Å². The molecule has 1 aliphatic rings. The molecule has 6 rings (SSSR count). The summed E-state index contributed by atoms with van der Waals surface area (Å²) < 4.78 is 3.49. The minimum absolute atomic E-state index is 0.119. The molecule has 3 aromatic carbocycles. The van der Waals surface area contributed by atoms with Gasteiger partial charge in [-0.2, -0.15) is 5.26 Å². The molecule has 0 aliphatic carbocycles. The number of aromatic nitrogens is 2. The third-order valence-corrected chi connectivity index (χ3v) is 6.25. The Bertz CT molecular complexity index is 1680. The Balaban J connectivity index is 1.50. The van der Waals surface area contributed by atoms with Gasteiger partial charge in [0.15, 0.2) is 5.43 Å². The molecule has 33 heavy (non-hydrogen) atoms. The van der Waals surface area contributed by atoms with Crippen LogP contribution in [0.3, 0.4) is 0 Å². The van der Waals surface area contributed by atoms with Crippen LogP contribution in [0.15, 0.2) is 95.9 Å². The fourth-order valence-corrected chi connectivity index (χ4v) is 4.70. The zero-order valence-corrected chi connectivity index (χ0v) is 17.5. The molecular weight excluding hydrogens is 410 g/mol. The summed E-state index contributed by atoms with van der Waals surface area (Å²) in [4.78, 5) is 26.5. The van der Waals surface area contributed by atoms with Crippen LogP contribution in [0.25, 0.3) is 33.3 Å². The van der Waals surface area contributed by atoms with E-state index in [2.05, 4.69) is 6.07 Å². The molecule has 0 atom stereocenters. The monoisotopic (exact) mass is 427 g/mol. The van der Waals surface area contributed by atoms with E-state index in [0.717, 1.165) is 22.2 Å². The third kappa shape index (κ3) is 2.78. The van der Waals surface area contributed by atoms with Crippen molar-refractivity contribution in [2.24, 2.45) is 0 Å². The average molecular weight is 427 g/mol. The minimum Gasteiger partial charge on any atom is -0.331 e. The smallest absolute Gasteiger partial charge is 0.279 e. The molecule has 5 aromatic rings. The van der Waals surface area contributed by atoms with E-state index < -0.39 is 0 Å². The molecule has 5 heteroatoms. The number of carbonyl (C=O) groups excluding carboxylic acids is 1. The number of para-hydroxylation sites is 1. The lowest BCUT2D eigenvalue weighted by atomic mass is 9.99. The SMILES string of the molecule is N#Cc1ccccc1-c1ccc(Cn2c3c(c(=O)c4ccccc42)-c2cccn2C3=O)cc1. The second-order valence-electron chi connectivity index (χ2n) is 8.08. The largest absolute Gasteiger partial charge is 0.331 e. The molecule has 0 radical (unpaired) electrons. The molecule has 0 bridgehead atoms. The summed E-state index contributed by atoms with van der Waals surface area (Å²) in [6, 6.07) is 28.7. The second kappa shape index (κ2) is 7.18. The van der Waals surface area contributed by atoms with Crippen LogP contribution in [0.4, 0.5) is 0 Å². The van der Waals surface area contributed by atoms with Gasteiger partial charge in [-0.05, 0) is 47.0 Å². The number of nitrogens with zero attached hydrogens (tertiary/aromatic N) is 3. The zero-order chi connectivity index (χ0) is 22.5. The second-order valence-corrected chi connectivity index (χ2v) is 8.08. The Hall–Kier alpha value is -4.69. The van der Waals surface area contributed by atoms with Crippen molar-refractivity contribution in [1.82, 2.24) is 9.13 Å². The lowest BCUT2D eigenvalue weighted by Gasteiger charge is -2.16. The highest BCUT2D eigenvalue weighted by atomic mass is 16.2. The predicted molar refractivity (Wildman–Crippen MR) is 127 cm³/mol. The van der Waals surface area contributed by atoms with Crippen molar-refractivity contribution in [3.63, 3.8) is 0 Å². The van der Waals surface area contributed by atoms with E-state index in [1.54, 1.807) is 22.9 Å². The first kappa shape index (κ1) is 19.0. The summed E-state index contributed by atoms with van der Waals surface area (Å²) in [7, 11) is 0. The molecule has 3 heterocycles. The van der Waals surface area contributed by atoms with Crippen molar-refractivity contribution in [3.05, 3.63) is 118 Å². The van der Waals surface area contributed by atoms with E-state index in [-0.39, 0.29) is 11.3 Å². The van der Waals surface area contributed by atoms with E-state index in [1.165, 1.54) is 0 Å². The van der Waals surface area contributed by atoms with E-state index in [1.807, 2.05) is 77.4 Å². The van der Waals surface area contributed by atoms with E-state index in [9.17, 15) is 14.9 Å². The highest BCUT2D eigenvalue weighted by molar-refractivity contribution is 6.10. The van der Waals surface area contributed by atoms with Gasteiger partial charge in [0.25, 0.3) is 5.91 Å². The highest BCUT2D eigenvalue weighted by Gasteiger charge is 2.32. The molecule has 0 fully saturated rings. The van der Waals surface area contributed by atoms with Gasteiger partial charge in [-0.3, -0.25) is 14.2 Å². The van der Waals surface area contributed by atoms with Gasteiger partial charge in [0.05, 0.1) is 28.4 Å². The van der Waals surface area contributed by atoms with Crippen LogP contribution >= 0.6 is 0 Å². The molecule has 0 saturated carbocycles. The van der Waals surface area contributed by atoms with Crippen LogP contribution in [0, 0.1) is 11.3 Å². The summed E-state index contributed by atoms with van der Waals surface area (Å²) in [5.41, 5.74) is 5.61. The average Bonchev–Trinajstić information content (AvgIpc) is 3.44. The molecule has 0 N–H and O–H groups in total. The Morgan fingerprint density at radius 2 is 1.58 bits per heavy atom. The van der Waals surface area contributed by atoms with Crippen molar-refractivity contribution < 1.29 is 4.79 Å². The summed E-state index contributed by atoms with van der Waals surface area (Å²) in [6.45, 7) is 0.444. The summed E-state index contributed by atoms with van der Waals surface area (Å²) in [5.74, 6) is -0.188. The summed E-state index contributed by atoms with van der Waals surface area (Å²) in [6.07, 6.45) is 1.70. The molecule has 0 unspecified atom stereocenters. The Kier molecular flexibility index (Phi) is 4.14. The van der Waals surface area contributed by atoms with Crippen molar-refractivity contribution in [3.8, 4) is 28.5 Å². The lowest BCUT2D eigenvalue weighted by molar-refractivity contribution is 0.0961. The van der Waals surface area contributed by atoms with Crippen molar-refractivity contribution in [2.45, 2.75) is 6.54 Å². The maximum absolute atomic E-state index is 13.3. The zero-order valence-electron chi connectivity index (χ0n) is 17.5. The molecule has 0 spiro atoms. The molecule has 0 amide bonds. The topological polar surface area (TPSA) is 67.8 Å². The van der Waals surface area contributed by atoms with Crippen LogP contribution in [-0.4, -0.2) is 15.0 Å². The van der Waals surface area contributed by atoms with Crippen LogP contribution in [-0.2, 0) is 6.54 Å². The number of carbonyl (C=O) groups is 1. The predicted octanol–water partition coefficient (Wildman–Crippen LogP) is 5.06. The van der Waals surface area contributed by atoms with Crippen LogP contribution < -0.4 is 5.43 Å². The van der Waals surface area contributed by atoms with Gasteiger partial charge in [0.1, 0.15) is 5.69 Å². The molecule has 1 aliphatic heterocycles. The van der Waals surface area contributed by atoms with Crippen LogP contribution in [0.2, 0.25) is 0 Å². The molecule has 0 saturated heterocycles. The maximum Gasteiger partial charge on any atom is 0.279 e. The fourth-order valence-electron chi connectivity index (χ4n) is 4.70. The van der Waals surface area contributed by atoms with Gasteiger partial charge in [-0.1, -0.05) is 54.6 Å². The number of pyridine rings is 1. The molecular formula is C28H17N3O2. The molecule has 2 aromatic heterocycles. The summed E-state index contributed by atoms with van der Waals surface area (Å²) >= 11 is 0. The maximum atomic E-state index is 13.3. The van der Waals surface area contributed by atoms with Crippen LogP contribution in [0.5, 0.6) is 0 Å². The normalized spacial score (nSPS) is 11.9. The quantitative estimate of drug-likeness (QED) is 0.397. The number of nitriles is 1. The van der Waals surface area contributed by atoms with Gasteiger partial charge in [0, 0.05) is 18.1 Å². The number of benzene rings is 3. The number of fused-ring (bicyclic) bond motifs is 4. The first-order chi connectivity index (χ1) is 16.2. The molecule has 5 nitrogen and oxygen atoms in total. The molecule has 156 valence electrons. The highest BCUT2D eigenvalue weighted by Crippen LogP contribution is 2.33. The Labute approximate surface area is 189 Å². The standard InChI is InChI=1S/C28H17N3O2/c29-16-20-6-1-2-7-21(20)19-13-11-18(12-14-19)17-31-23-9-4-3-8-22(23)27(32)25-24-10-5-15-30(24)28(33)26(25)31/h1-15H,17H2. The van der Waals surface area contributed by atoms with Crippen molar-refractivity contribution in [1.29, 1.82) is 5.26 Å². The van der Waals surface area contributed by atoms with Gasteiger partial charge in [-0.25, -0.2) is 0 Å². The Morgan fingerprint density at radius 1 is 0.818 bits per heavy atom. The first-order valence-electron chi connectivity index (χ1n) is 10.6. The van der Waals surface area contributed by atoms with Gasteiger partial charge in [-0.15, -0.1) is 0 Å². The minimum atomic E-state index is -0.188. The van der Waals surface area contributed by atoms with Gasteiger partial charge >= 0.3 is 0 Å². The van der Waals surface area contributed by atoms with E-state index in [4.69, 9.17) is 0 Å². The van der Waals surface area contributed by atoms with Gasteiger partial charge < -0.3 is 4.57 Å². The van der Waals surface area contributed by atoms with E-state index >= 15 is 0 Å². The number of hydrogen-bond donors (Lipinski definition) is 0. The van der Waals surface area contributed by atoms with E-state index in [0.29, 0.717) is 34.4 Å². The fraction of sp³-hybridized carbons (Fsp3) is 0.0357. The van der Waals surface area contributed by atoms with Gasteiger partial charge in [0.2, 0.25) is 0 Å². The lowest BCUT2D eigenvalue weighted by Crippen LogP contribution is -2.19. The number of hydrogen-bond acceptors (Lipinski definition) is 3. The van der Waals surface area contributed by atoms with Crippen molar-refractivity contribution >= 4 is 16.8 Å².